The molecule has 0 amide bonds. The molecule has 0 aromatic heterocycles. The maximum atomic E-state index is 14.0. The van der Waals surface area contributed by atoms with Crippen LogP contribution in [-0.2, 0) is 6.42 Å². The largest absolute Gasteiger partial charge is 0.494 e. The maximum absolute atomic E-state index is 14.0. The summed E-state index contributed by atoms with van der Waals surface area (Å²) in [6.45, 7) is 0. The highest BCUT2D eigenvalue weighted by Crippen LogP contribution is 2.29. The molecule has 2 rings (SSSR count). The van der Waals surface area contributed by atoms with Gasteiger partial charge in [0.05, 0.1) is 7.11 Å². The average Bonchev–Trinajstić information content (AvgIpc) is 2.79. The van der Waals surface area contributed by atoms with Crippen LogP contribution in [0.2, 0.25) is 0 Å². The average molecular weight is 255 g/mol. The second kappa shape index (κ2) is 5.74. The third-order valence-corrected chi connectivity index (χ3v) is 4.57. The van der Waals surface area contributed by atoms with E-state index in [-0.39, 0.29) is 5.82 Å². The number of nitrogens with one attached hydrogen (secondary N) is 1. The summed E-state index contributed by atoms with van der Waals surface area (Å²) in [5, 5.41) is 3.31. The highest BCUT2D eigenvalue weighted by Gasteiger charge is 2.27. The molecular weight excluding hydrogens is 237 g/mol. The van der Waals surface area contributed by atoms with Crippen molar-refractivity contribution in [2.24, 2.45) is 5.92 Å². The second-order valence-electron chi connectivity index (χ2n) is 4.33. The first kappa shape index (κ1) is 12.7. The van der Waals surface area contributed by atoms with Gasteiger partial charge in [0.25, 0.3) is 0 Å². The summed E-state index contributed by atoms with van der Waals surface area (Å²) < 4.78 is 19.0. The van der Waals surface area contributed by atoms with Gasteiger partial charge in [-0.3, -0.25) is 0 Å². The Morgan fingerprint density at radius 2 is 2.29 bits per heavy atom. The van der Waals surface area contributed by atoms with Crippen LogP contribution in [0.5, 0.6) is 5.75 Å². The predicted octanol–water partition coefficient (Wildman–Crippen LogP) is 2.33. The van der Waals surface area contributed by atoms with E-state index < -0.39 is 0 Å². The minimum Gasteiger partial charge on any atom is -0.494 e. The summed E-state index contributed by atoms with van der Waals surface area (Å²) >= 11 is 1.93. The Morgan fingerprint density at radius 3 is 3.00 bits per heavy atom. The Kier molecular flexibility index (Phi) is 4.29. The van der Waals surface area contributed by atoms with Crippen molar-refractivity contribution in [3.63, 3.8) is 0 Å². The summed E-state index contributed by atoms with van der Waals surface area (Å²) in [5.41, 5.74) is 0.761. The second-order valence-corrected chi connectivity index (χ2v) is 5.41. The van der Waals surface area contributed by atoms with Gasteiger partial charge in [0.2, 0.25) is 0 Å². The van der Waals surface area contributed by atoms with Crippen LogP contribution in [0.3, 0.4) is 0 Å². The third-order valence-electron chi connectivity index (χ3n) is 3.31. The lowest BCUT2D eigenvalue weighted by Gasteiger charge is -2.18. The zero-order chi connectivity index (χ0) is 12.3. The zero-order valence-electron chi connectivity index (χ0n) is 10.2. The summed E-state index contributed by atoms with van der Waals surface area (Å²) in [5.74, 6) is 2.86. The summed E-state index contributed by atoms with van der Waals surface area (Å²) in [7, 11) is 3.48. The first-order chi connectivity index (χ1) is 8.26. The first-order valence-electron chi connectivity index (χ1n) is 5.82. The molecule has 2 nitrogen and oxygen atoms in total. The van der Waals surface area contributed by atoms with Gasteiger partial charge in [-0.25, -0.2) is 4.39 Å². The van der Waals surface area contributed by atoms with E-state index in [0.29, 0.717) is 17.7 Å². The molecule has 1 aliphatic heterocycles. The van der Waals surface area contributed by atoms with Crippen molar-refractivity contribution >= 4 is 11.8 Å². The van der Waals surface area contributed by atoms with Gasteiger partial charge in [-0.2, -0.15) is 11.8 Å². The van der Waals surface area contributed by atoms with Crippen LogP contribution in [0.1, 0.15) is 5.56 Å². The van der Waals surface area contributed by atoms with E-state index in [9.17, 15) is 4.39 Å². The smallest absolute Gasteiger partial charge is 0.168 e. The van der Waals surface area contributed by atoms with Crippen LogP contribution in [0, 0.1) is 11.7 Å². The van der Waals surface area contributed by atoms with E-state index in [1.54, 1.807) is 6.07 Å². The SMILES string of the molecule is CNC1CSCC1Cc1cccc(OC)c1F. The zero-order valence-corrected chi connectivity index (χ0v) is 11.0. The Hall–Kier alpha value is -0.740. The molecular formula is C13H18FNOS. The molecule has 1 aromatic carbocycles. The summed E-state index contributed by atoms with van der Waals surface area (Å²) in [6, 6.07) is 5.87. The highest BCUT2D eigenvalue weighted by atomic mass is 32.2. The molecule has 0 spiro atoms. The molecule has 4 heteroatoms. The number of ether oxygens (including phenoxy) is 1. The van der Waals surface area contributed by atoms with Crippen molar-refractivity contribution in [3.05, 3.63) is 29.6 Å². The molecule has 1 heterocycles. The standard InChI is InChI=1S/C13H18FNOS/c1-15-11-8-17-7-10(11)6-9-4-3-5-12(16-2)13(9)14/h3-5,10-11,15H,6-8H2,1-2H3. The number of methoxy groups -OCH3 is 1. The van der Waals surface area contributed by atoms with Gasteiger partial charge in [0.15, 0.2) is 11.6 Å². The highest BCUT2D eigenvalue weighted by molar-refractivity contribution is 7.99. The molecule has 2 unspecified atom stereocenters. The van der Waals surface area contributed by atoms with Gasteiger partial charge in [0, 0.05) is 11.8 Å². The lowest BCUT2D eigenvalue weighted by Crippen LogP contribution is -2.33. The molecule has 17 heavy (non-hydrogen) atoms. The molecule has 1 aliphatic rings. The van der Waals surface area contributed by atoms with Crippen LogP contribution >= 0.6 is 11.8 Å². The van der Waals surface area contributed by atoms with E-state index >= 15 is 0 Å². The summed E-state index contributed by atoms with van der Waals surface area (Å²) in [4.78, 5) is 0. The number of thioether (sulfide) groups is 1. The number of benzene rings is 1. The Bertz CT molecular complexity index is 386. The van der Waals surface area contributed by atoms with Crippen molar-refractivity contribution in [1.82, 2.24) is 5.32 Å². The van der Waals surface area contributed by atoms with Crippen molar-refractivity contribution in [3.8, 4) is 5.75 Å². The normalized spacial score (nSPS) is 23.9. The van der Waals surface area contributed by atoms with Gasteiger partial charge in [-0.05, 0) is 36.8 Å². The quantitative estimate of drug-likeness (QED) is 0.892. The van der Waals surface area contributed by atoms with Gasteiger partial charge in [0.1, 0.15) is 0 Å². The number of hydrogen-bond acceptors (Lipinski definition) is 3. The monoisotopic (exact) mass is 255 g/mol. The molecule has 1 N–H and O–H groups in total. The van der Waals surface area contributed by atoms with E-state index in [2.05, 4.69) is 5.32 Å². The minimum atomic E-state index is -0.207. The molecule has 94 valence electrons. The fourth-order valence-electron chi connectivity index (χ4n) is 2.27. The van der Waals surface area contributed by atoms with Crippen LogP contribution in [0.4, 0.5) is 4.39 Å². The van der Waals surface area contributed by atoms with Crippen molar-refractivity contribution in [1.29, 1.82) is 0 Å². The summed E-state index contributed by atoms with van der Waals surface area (Å²) in [6.07, 6.45) is 0.779. The molecule has 1 aromatic rings. The van der Waals surface area contributed by atoms with Gasteiger partial charge >= 0.3 is 0 Å². The molecule has 0 aliphatic carbocycles. The fourth-order valence-corrected chi connectivity index (χ4v) is 3.75. The first-order valence-corrected chi connectivity index (χ1v) is 6.98. The van der Waals surface area contributed by atoms with Gasteiger partial charge in [-0.15, -0.1) is 0 Å². The molecule has 0 radical (unpaired) electrons. The fraction of sp³-hybridized carbons (Fsp3) is 0.538. The topological polar surface area (TPSA) is 21.3 Å². The molecule has 2 atom stereocenters. The Labute approximate surface area is 106 Å². The van der Waals surface area contributed by atoms with E-state index in [4.69, 9.17) is 4.74 Å². The number of halogens is 1. The Morgan fingerprint density at radius 1 is 1.47 bits per heavy atom. The van der Waals surface area contributed by atoms with E-state index in [0.717, 1.165) is 23.5 Å². The van der Waals surface area contributed by atoms with Crippen LogP contribution < -0.4 is 10.1 Å². The van der Waals surface area contributed by atoms with Crippen LogP contribution in [-0.4, -0.2) is 31.7 Å². The van der Waals surface area contributed by atoms with Gasteiger partial charge < -0.3 is 10.1 Å². The maximum Gasteiger partial charge on any atom is 0.168 e. The Balaban J connectivity index is 2.13. The third kappa shape index (κ3) is 2.75. The van der Waals surface area contributed by atoms with E-state index in [1.807, 2.05) is 30.9 Å². The van der Waals surface area contributed by atoms with Crippen molar-refractivity contribution < 1.29 is 9.13 Å². The van der Waals surface area contributed by atoms with Crippen molar-refractivity contribution in [2.45, 2.75) is 12.5 Å². The van der Waals surface area contributed by atoms with Gasteiger partial charge in [-0.1, -0.05) is 12.1 Å². The number of rotatable bonds is 4. The van der Waals surface area contributed by atoms with Crippen LogP contribution in [0.25, 0.3) is 0 Å². The minimum absolute atomic E-state index is 0.207. The van der Waals surface area contributed by atoms with Crippen molar-refractivity contribution in [2.75, 3.05) is 25.7 Å². The number of hydrogen-bond donors (Lipinski definition) is 1. The van der Waals surface area contributed by atoms with E-state index in [1.165, 1.54) is 7.11 Å². The lowest BCUT2D eigenvalue weighted by atomic mass is 9.94. The molecule has 1 fully saturated rings. The van der Waals surface area contributed by atoms with Crippen LogP contribution in [0.15, 0.2) is 18.2 Å². The molecule has 1 saturated heterocycles. The molecule has 0 bridgehead atoms. The predicted molar refractivity (Wildman–Crippen MR) is 70.3 cm³/mol. The molecule has 0 saturated carbocycles. The lowest BCUT2D eigenvalue weighted by molar-refractivity contribution is 0.380.